The van der Waals surface area contributed by atoms with E-state index >= 15 is 0 Å². The van der Waals surface area contributed by atoms with E-state index < -0.39 is 6.09 Å². The summed E-state index contributed by atoms with van der Waals surface area (Å²) in [5.74, 6) is 1.32. The summed E-state index contributed by atoms with van der Waals surface area (Å²) in [7, 11) is 0. The number of hydrogen-bond donors (Lipinski definition) is 1. The van der Waals surface area contributed by atoms with E-state index in [1.54, 1.807) is 0 Å². The highest BCUT2D eigenvalue weighted by molar-refractivity contribution is 5.88. The van der Waals surface area contributed by atoms with Crippen molar-refractivity contribution >= 4 is 22.7 Å². The molecule has 0 bridgehead atoms. The van der Waals surface area contributed by atoms with Crippen molar-refractivity contribution in [2.24, 2.45) is 0 Å². The summed E-state index contributed by atoms with van der Waals surface area (Å²) in [6, 6.07) is 16.3. The van der Waals surface area contributed by atoms with Gasteiger partial charge in [-0.2, -0.15) is 0 Å². The van der Waals surface area contributed by atoms with Gasteiger partial charge in [0.15, 0.2) is 17.6 Å². The van der Waals surface area contributed by atoms with E-state index in [0.29, 0.717) is 24.7 Å². The monoisotopic (exact) mass is 461 g/mol. The van der Waals surface area contributed by atoms with Gasteiger partial charge < -0.3 is 24.4 Å². The lowest BCUT2D eigenvalue weighted by Crippen LogP contribution is -2.44. The molecule has 0 unspecified atom stereocenters. The van der Waals surface area contributed by atoms with E-state index in [1.165, 1.54) is 22.6 Å². The maximum atomic E-state index is 12.0. The number of aromatic nitrogens is 1. The van der Waals surface area contributed by atoms with Crippen LogP contribution >= 0.6 is 0 Å². The summed E-state index contributed by atoms with van der Waals surface area (Å²) in [4.78, 5) is 20.4. The zero-order valence-electron chi connectivity index (χ0n) is 19.6. The number of hydrogen-bond acceptors (Lipinski definition) is 5. The zero-order valence-corrected chi connectivity index (χ0v) is 19.6. The van der Waals surface area contributed by atoms with Crippen molar-refractivity contribution in [3.63, 3.8) is 0 Å². The summed E-state index contributed by atoms with van der Waals surface area (Å²) >= 11 is 0. The molecule has 7 nitrogen and oxygen atoms in total. The van der Waals surface area contributed by atoms with Crippen LogP contribution in [0.2, 0.25) is 0 Å². The number of nitrogens with zero attached hydrogens (tertiary/aromatic N) is 3. The number of anilines is 1. The molecule has 2 aromatic carbocycles. The molecule has 3 aromatic rings. The van der Waals surface area contributed by atoms with Gasteiger partial charge in [0.05, 0.1) is 12.1 Å². The number of pyridine rings is 1. The zero-order chi connectivity index (χ0) is 23.5. The topological polar surface area (TPSA) is 75.1 Å². The van der Waals surface area contributed by atoms with Crippen molar-refractivity contribution in [1.29, 1.82) is 0 Å². The molecule has 0 saturated carbocycles. The number of amides is 1. The van der Waals surface area contributed by atoms with Gasteiger partial charge in [-0.25, -0.2) is 4.79 Å². The molecule has 3 heterocycles. The van der Waals surface area contributed by atoms with Gasteiger partial charge in [-0.1, -0.05) is 18.2 Å². The second kappa shape index (κ2) is 9.79. The second-order valence-corrected chi connectivity index (χ2v) is 9.12. The van der Waals surface area contributed by atoms with Gasteiger partial charge in [-0.3, -0.25) is 4.98 Å². The molecule has 2 aliphatic rings. The van der Waals surface area contributed by atoms with Crippen molar-refractivity contribution < 1.29 is 19.4 Å². The van der Waals surface area contributed by atoms with Gasteiger partial charge in [0.1, 0.15) is 6.61 Å². The molecule has 178 valence electrons. The average molecular weight is 462 g/mol. The molecule has 0 fully saturated rings. The van der Waals surface area contributed by atoms with Crippen LogP contribution in [0.5, 0.6) is 11.5 Å². The number of fused-ring (bicyclic) bond motifs is 4. The minimum atomic E-state index is -0.930. The molecule has 5 rings (SSSR count). The molecule has 0 radical (unpaired) electrons. The Kier molecular flexibility index (Phi) is 6.43. The van der Waals surface area contributed by atoms with Gasteiger partial charge in [0, 0.05) is 36.4 Å². The van der Waals surface area contributed by atoms with Gasteiger partial charge in [-0.15, -0.1) is 0 Å². The van der Waals surface area contributed by atoms with Crippen LogP contribution < -0.4 is 14.4 Å². The Bertz CT molecular complexity index is 1180. The standard InChI is InChI=1S/C27H31N3O4/c1-19-10-11-22-23(28-19)12-13-25-26(22)34-21(18-33-25)17-30(27(31)32)16-6-15-29-14-5-4-8-20-7-2-3-9-24(20)29/h2-3,7,9-13,21H,4-6,8,14-18H2,1H3,(H,31,32)/t21-/m0/s1. The molecule has 1 amide bonds. The molecule has 1 atom stereocenters. The van der Waals surface area contributed by atoms with Gasteiger partial charge in [0.2, 0.25) is 0 Å². The van der Waals surface area contributed by atoms with Crippen LogP contribution in [0.3, 0.4) is 0 Å². The fourth-order valence-corrected chi connectivity index (χ4v) is 4.93. The van der Waals surface area contributed by atoms with Crippen LogP contribution in [-0.4, -0.2) is 60.0 Å². The Balaban J connectivity index is 1.23. The third-order valence-electron chi connectivity index (χ3n) is 6.64. The Hall–Kier alpha value is -3.48. The van der Waals surface area contributed by atoms with Crippen molar-refractivity contribution in [1.82, 2.24) is 9.88 Å². The van der Waals surface area contributed by atoms with E-state index in [0.717, 1.165) is 48.9 Å². The molecule has 34 heavy (non-hydrogen) atoms. The summed E-state index contributed by atoms with van der Waals surface area (Å²) in [5, 5.41) is 10.7. The molecular formula is C27H31N3O4. The smallest absolute Gasteiger partial charge is 0.407 e. The first-order valence-corrected chi connectivity index (χ1v) is 12.1. The number of benzene rings is 2. The van der Waals surface area contributed by atoms with E-state index in [2.05, 4.69) is 34.1 Å². The Morgan fingerprint density at radius 1 is 1.18 bits per heavy atom. The van der Waals surface area contributed by atoms with E-state index in [-0.39, 0.29) is 12.6 Å². The Labute approximate surface area is 199 Å². The number of carboxylic acid groups (broad SMARTS) is 1. The fraction of sp³-hybridized carbons (Fsp3) is 0.407. The van der Waals surface area contributed by atoms with Crippen LogP contribution in [0.4, 0.5) is 10.5 Å². The molecule has 0 spiro atoms. The Morgan fingerprint density at radius 3 is 2.94 bits per heavy atom. The molecule has 0 saturated heterocycles. The SMILES string of the molecule is Cc1ccc2c3c(ccc2n1)OC[C@H](CN(CCCN1CCCCc2ccccc21)C(=O)O)O3. The first-order valence-electron chi connectivity index (χ1n) is 12.1. The number of rotatable bonds is 6. The largest absolute Gasteiger partial charge is 0.486 e. The van der Waals surface area contributed by atoms with Crippen molar-refractivity contribution in [3.8, 4) is 11.5 Å². The average Bonchev–Trinajstić information content (AvgIpc) is 3.05. The summed E-state index contributed by atoms with van der Waals surface area (Å²) in [5.41, 5.74) is 4.46. The first kappa shape index (κ1) is 22.3. The predicted octanol–water partition coefficient (Wildman–Crippen LogP) is 4.90. The molecule has 2 aliphatic heterocycles. The molecule has 1 aromatic heterocycles. The van der Waals surface area contributed by atoms with E-state index in [1.807, 2.05) is 31.2 Å². The maximum absolute atomic E-state index is 12.0. The van der Waals surface area contributed by atoms with Crippen LogP contribution in [0.15, 0.2) is 48.5 Å². The third-order valence-corrected chi connectivity index (χ3v) is 6.64. The van der Waals surface area contributed by atoms with Crippen molar-refractivity contribution in [2.75, 3.05) is 37.7 Å². The molecule has 0 aliphatic carbocycles. The minimum absolute atomic E-state index is 0.265. The van der Waals surface area contributed by atoms with Crippen LogP contribution in [0, 0.1) is 6.92 Å². The second-order valence-electron chi connectivity index (χ2n) is 9.12. The highest BCUT2D eigenvalue weighted by atomic mass is 16.6. The number of carbonyl (C=O) groups is 1. The maximum Gasteiger partial charge on any atom is 0.407 e. The first-order chi connectivity index (χ1) is 16.6. The third kappa shape index (κ3) is 4.74. The van der Waals surface area contributed by atoms with Crippen molar-refractivity contribution in [3.05, 3.63) is 59.8 Å². The lowest BCUT2D eigenvalue weighted by atomic mass is 10.1. The molecule has 1 N–H and O–H groups in total. The van der Waals surface area contributed by atoms with Crippen LogP contribution in [-0.2, 0) is 6.42 Å². The lowest BCUT2D eigenvalue weighted by molar-refractivity contribution is 0.0586. The minimum Gasteiger partial charge on any atom is -0.486 e. The number of aryl methyl sites for hydroxylation is 2. The summed E-state index contributed by atoms with van der Waals surface area (Å²) in [6.45, 7) is 4.84. The summed E-state index contributed by atoms with van der Waals surface area (Å²) < 4.78 is 12.2. The molecular weight excluding hydrogens is 430 g/mol. The quantitative estimate of drug-likeness (QED) is 0.563. The number of ether oxygens (including phenoxy) is 2. The fourth-order valence-electron chi connectivity index (χ4n) is 4.93. The van der Waals surface area contributed by atoms with Gasteiger partial charge in [0.25, 0.3) is 0 Å². The van der Waals surface area contributed by atoms with E-state index in [4.69, 9.17) is 9.47 Å². The van der Waals surface area contributed by atoms with Gasteiger partial charge >= 0.3 is 6.09 Å². The van der Waals surface area contributed by atoms with Gasteiger partial charge in [-0.05, 0) is 68.5 Å². The van der Waals surface area contributed by atoms with Crippen molar-refractivity contribution in [2.45, 2.75) is 38.7 Å². The lowest BCUT2D eigenvalue weighted by Gasteiger charge is -2.31. The van der Waals surface area contributed by atoms with E-state index in [9.17, 15) is 9.90 Å². The van der Waals surface area contributed by atoms with Crippen LogP contribution in [0.25, 0.3) is 10.9 Å². The normalized spacial score (nSPS) is 17.2. The summed E-state index contributed by atoms with van der Waals surface area (Å²) in [6.07, 6.45) is 2.93. The highest BCUT2D eigenvalue weighted by Crippen LogP contribution is 2.38. The molecule has 7 heteroatoms. The Morgan fingerprint density at radius 2 is 2.06 bits per heavy atom. The number of para-hydroxylation sites is 1. The predicted molar refractivity (Wildman–Crippen MR) is 132 cm³/mol. The van der Waals surface area contributed by atoms with Crippen LogP contribution in [0.1, 0.15) is 30.5 Å². The highest BCUT2D eigenvalue weighted by Gasteiger charge is 2.27.